The summed E-state index contributed by atoms with van der Waals surface area (Å²) in [4.78, 5) is 7.60. The molecule has 0 N–H and O–H groups in total. The SMILES string of the molecule is COc1ccc(OC)c2c(C)cc(N3C[C@@]4(C)C[C@@H]3CC(C)(C)C4)nc12. The molecule has 0 amide bonds. The fourth-order valence-electron chi connectivity index (χ4n) is 5.67. The summed E-state index contributed by atoms with van der Waals surface area (Å²) in [5.74, 6) is 2.73. The predicted molar refractivity (Wildman–Crippen MR) is 106 cm³/mol. The highest BCUT2D eigenvalue weighted by Crippen LogP contribution is 2.53. The van der Waals surface area contributed by atoms with Crippen molar-refractivity contribution in [3.05, 3.63) is 23.8 Å². The minimum Gasteiger partial charge on any atom is -0.496 e. The Labute approximate surface area is 156 Å². The van der Waals surface area contributed by atoms with Gasteiger partial charge in [0.2, 0.25) is 0 Å². The van der Waals surface area contributed by atoms with E-state index < -0.39 is 0 Å². The van der Waals surface area contributed by atoms with Crippen molar-refractivity contribution in [1.29, 1.82) is 0 Å². The molecule has 140 valence electrons. The maximum absolute atomic E-state index is 5.60. The topological polar surface area (TPSA) is 34.6 Å². The number of rotatable bonds is 3. The number of methoxy groups -OCH3 is 2. The van der Waals surface area contributed by atoms with Crippen molar-refractivity contribution >= 4 is 16.7 Å². The van der Waals surface area contributed by atoms with Crippen LogP contribution >= 0.6 is 0 Å². The van der Waals surface area contributed by atoms with Crippen LogP contribution in [0.1, 0.15) is 45.6 Å². The predicted octanol–water partition coefficient (Wildman–Crippen LogP) is 4.97. The molecule has 2 bridgehead atoms. The van der Waals surface area contributed by atoms with Gasteiger partial charge < -0.3 is 14.4 Å². The summed E-state index contributed by atoms with van der Waals surface area (Å²) in [5.41, 5.74) is 2.87. The third-order valence-electron chi connectivity index (χ3n) is 6.22. The van der Waals surface area contributed by atoms with Crippen molar-refractivity contribution in [3.8, 4) is 11.5 Å². The fraction of sp³-hybridized carbons (Fsp3) is 0.591. The van der Waals surface area contributed by atoms with Crippen molar-refractivity contribution in [2.24, 2.45) is 10.8 Å². The van der Waals surface area contributed by atoms with E-state index in [1.165, 1.54) is 24.8 Å². The molecular formula is C22H30N2O2. The third kappa shape index (κ3) is 2.70. The van der Waals surface area contributed by atoms with Gasteiger partial charge in [0, 0.05) is 18.0 Å². The van der Waals surface area contributed by atoms with Gasteiger partial charge >= 0.3 is 0 Å². The highest BCUT2D eigenvalue weighted by Gasteiger charge is 2.50. The number of fused-ring (bicyclic) bond motifs is 3. The molecule has 0 unspecified atom stereocenters. The van der Waals surface area contributed by atoms with Gasteiger partial charge in [0.1, 0.15) is 22.8 Å². The van der Waals surface area contributed by atoms with Crippen LogP contribution < -0.4 is 14.4 Å². The molecule has 0 spiro atoms. The van der Waals surface area contributed by atoms with Crippen LogP contribution in [0.4, 0.5) is 5.82 Å². The largest absolute Gasteiger partial charge is 0.496 e. The van der Waals surface area contributed by atoms with Gasteiger partial charge in [-0.3, -0.25) is 0 Å². The zero-order valence-corrected chi connectivity index (χ0v) is 16.8. The van der Waals surface area contributed by atoms with E-state index in [0.717, 1.165) is 34.8 Å². The van der Waals surface area contributed by atoms with E-state index in [1.54, 1.807) is 14.2 Å². The molecule has 1 saturated heterocycles. The number of hydrogen-bond donors (Lipinski definition) is 0. The average Bonchev–Trinajstić information content (AvgIpc) is 2.82. The highest BCUT2D eigenvalue weighted by atomic mass is 16.5. The van der Waals surface area contributed by atoms with E-state index in [9.17, 15) is 0 Å². The van der Waals surface area contributed by atoms with Crippen LogP contribution in [0.5, 0.6) is 11.5 Å². The number of ether oxygens (including phenoxy) is 2. The number of aromatic nitrogens is 1. The van der Waals surface area contributed by atoms with Gasteiger partial charge in [-0.05, 0) is 60.8 Å². The lowest BCUT2D eigenvalue weighted by molar-refractivity contribution is 0.136. The van der Waals surface area contributed by atoms with Gasteiger partial charge in [0.05, 0.1) is 14.2 Å². The Morgan fingerprint density at radius 1 is 1.08 bits per heavy atom. The third-order valence-corrected chi connectivity index (χ3v) is 6.22. The number of anilines is 1. The minimum absolute atomic E-state index is 0.384. The van der Waals surface area contributed by atoms with Crippen LogP contribution in [0.3, 0.4) is 0 Å². The van der Waals surface area contributed by atoms with Crippen LogP contribution in [0.25, 0.3) is 10.9 Å². The van der Waals surface area contributed by atoms with E-state index in [0.29, 0.717) is 16.9 Å². The lowest BCUT2D eigenvalue weighted by Gasteiger charge is -2.39. The van der Waals surface area contributed by atoms with Gasteiger partial charge in [0.25, 0.3) is 0 Å². The molecule has 1 aliphatic heterocycles. The second-order valence-electron chi connectivity index (χ2n) is 9.33. The van der Waals surface area contributed by atoms with Gasteiger partial charge in [-0.1, -0.05) is 20.8 Å². The van der Waals surface area contributed by atoms with Gasteiger partial charge in [0.15, 0.2) is 0 Å². The summed E-state index contributed by atoms with van der Waals surface area (Å²) >= 11 is 0. The Bertz CT molecular complexity index is 861. The summed E-state index contributed by atoms with van der Waals surface area (Å²) in [7, 11) is 3.42. The molecule has 1 saturated carbocycles. The molecule has 4 heteroatoms. The number of hydrogen-bond acceptors (Lipinski definition) is 4. The van der Waals surface area contributed by atoms with Crippen molar-refractivity contribution in [1.82, 2.24) is 4.98 Å². The molecule has 1 aromatic heterocycles. The molecule has 1 aromatic carbocycles. The van der Waals surface area contributed by atoms with E-state index in [4.69, 9.17) is 14.5 Å². The Morgan fingerprint density at radius 2 is 1.77 bits per heavy atom. The van der Waals surface area contributed by atoms with Crippen molar-refractivity contribution in [2.45, 2.75) is 53.0 Å². The van der Waals surface area contributed by atoms with Crippen molar-refractivity contribution < 1.29 is 9.47 Å². The maximum atomic E-state index is 5.60. The zero-order valence-electron chi connectivity index (χ0n) is 16.8. The summed E-state index contributed by atoms with van der Waals surface area (Å²) in [6, 6.07) is 6.71. The van der Waals surface area contributed by atoms with Crippen LogP contribution in [0, 0.1) is 17.8 Å². The molecule has 2 aromatic rings. The molecular weight excluding hydrogens is 324 g/mol. The van der Waals surface area contributed by atoms with Crippen molar-refractivity contribution in [2.75, 3.05) is 25.7 Å². The van der Waals surface area contributed by atoms with Crippen LogP contribution in [0.2, 0.25) is 0 Å². The van der Waals surface area contributed by atoms with E-state index in [2.05, 4.69) is 38.7 Å². The van der Waals surface area contributed by atoms with Gasteiger partial charge in [-0.15, -0.1) is 0 Å². The minimum atomic E-state index is 0.384. The van der Waals surface area contributed by atoms with Crippen LogP contribution in [-0.2, 0) is 0 Å². The summed E-state index contributed by atoms with van der Waals surface area (Å²) in [5, 5.41) is 1.05. The molecule has 2 heterocycles. The highest BCUT2D eigenvalue weighted by molar-refractivity contribution is 5.94. The van der Waals surface area contributed by atoms with E-state index >= 15 is 0 Å². The molecule has 26 heavy (non-hydrogen) atoms. The van der Waals surface area contributed by atoms with E-state index in [1.807, 2.05) is 12.1 Å². The average molecular weight is 354 g/mol. The monoisotopic (exact) mass is 354 g/mol. The van der Waals surface area contributed by atoms with Gasteiger partial charge in [-0.25, -0.2) is 4.98 Å². The molecule has 1 aliphatic carbocycles. The first-order chi connectivity index (χ1) is 12.3. The zero-order chi connectivity index (χ0) is 18.7. The Balaban J connectivity index is 1.84. The van der Waals surface area contributed by atoms with Gasteiger partial charge in [-0.2, -0.15) is 0 Å². The first-order valence-corrected chi connectivity index (χ1v) is 9.54. The molecule has 2 fully saturated rings. The van der Waals surface area contributed by atoms with Crippen molar-refractivity contribution in [3.63, 3.8) is 0 Å². The standard InChI is InChI=1S/C22H30N2O2/c1-14-9-18(23-20-17(26-6)8-7-16(25-5)19(14)20)24-13-22(4)11-15(24)10-21(2,3)12-22/h7-9,15H,10-13H2,1-6H3/t15-,22-/m0/s1. The summed E-state index contributed by atoms with van der Waals surface area (Å²) in [6.07, 6.45) is 3.79. The quantitative estimate of drug-likeness (QED) is 0.780. The number of benzene rings is 1. The molecule has 0 radical (unpaired) electrons. The summed E-state index contributed by atoms with van der Waals surface area (Å²) < 4.78 is 11.2. The normalized spacial score (nSPS) is 27.0. The van der Waals surface area contributed by atoms with Crippen LogP contribution in [0.15, 0.2) is 18.2 Å². The summed E-state index contributed by atoms with van der Waals surface area (Å²) in [6.45, 7) is 10.5. The second kappa shape index (κ2) is 5.77. The first-order valence-electron chi connectivity index (χ1n) is 9.54. The fourth-order valence-corrected chi connectivity index (χ4v) is 5.67. The smallest absolute Gasteiger partial charge is 0.145 e. The van der Waals surface area contributed by atoms with Crippen LogP contribution in [-0.4, -0.2) is 31.8 Å². The Kier molecular flexibility index (Phi) is 3.87. The van der Waals surface area contributed by atoms with E-state index in [-0.39, 0.29) is 0 Å². The molecule has 2 atom stereocenters. The number of pyridine rings is 1. The number of aryl methyl sites for hydroxylation is 1. The lowest BCUT2D eigenvalue weighted by atomic mass is 9.65. The lowest BCUT2D eigenvalue weighted by Crippen LogP contribution is -2.35. The molecule has 2 aliphatic rings. The number of nitrogens with zero attached hydrogens (tertiary/aromatic N) is 2. The Hall–Kier alpha value is -1.97. The Morgan fingerprint density at radius 3 is 2.46 bits per heavy atom. The first kappa shape index (κ1) is 17.4. The molecule has 4 nitrogen and oxygen atoms in total. The maximum Gasteiger partial charge on any atom is 0.145 e. The molecule has 4 rings (SSSR count). The second-order valence-corrected chi connectivity index (χ2v) is 9.33.